The Bertz CT molecular complexity index is 6140. The average molecular weight is 1770 g/mol. The lowest BCUT2D eigenvalue weighted by Crippen LogP contribution is -2.44. The maximum Gasteiger partial charge on any atom is 0.315 e. The van der Waals surface area contributed by atoms with Crippen LogP contribution in [0.4, 0.5) is 34.3 Å². The molecule has 0 radical (unpaired) electrons. The number of carbonyl (C=O) groups excluding carboxylic acids is 4. The molecule has 0 unspecified atom stereocenters. The molecule has 7 heterocycles. The Morgan fingerprint density at radius 1 is 0.430 bits per heavy atom. The number of carbonyl (C=O) groups is 4. The van der Waals surface area contributed by atoms with E-state index in [1.165, 1.54) is 51.6 Å². The number of Topliss-reactive ketones (excluding diaryl/α,β-unsaturated/α-hetero) is 1. The molecule has 0 saturated carbocycles. The Balaban J connectivity index is 0.000000134. The van der Waals surface area contributed by atoms with Gasteiger partial charge in [-0.3, -0.25) is 29.0 Å². The Hall–Kier alpha value is -13.2. The van der Waals surface area contributed by atoms with E-state index in [0.717, 1.165) is 183 Å². The van der Waals surface area contributed by atoms with Crippen LogP contribution < -0.4 is 31.9 Å². The first-order chi connectivity index (χ1) is 62.1. The van der Waals surface area contributed by atoms with Crippen LogP contribution in [0.15, 0.2) is 322 Å². The molecule has 15 aromatic rings. The molecule has 128 heavy (non-hydrogen) atoms. The first-order valence-corrected chi connectivity index (χ1v) is 43.7. The Labute approximate surface area is 763 Å². The molecule has 0 atom stereocenters. The van der Waals surface area contributed by atoms with Crippen molar-refractivity contribution < 1.29 is 33.4 Å². The number of fused-ring (bicyclic) bond motifs is 4. The van der Waals surface area contributed by atoms with Crippen LogP contribution in [0.2, 0.25) is 15.3 Å². The molecule has 3 saturated heterocycles. The van der Waals surface area contributed by atoms with Gasteiger partial charge in [-0.25, -0.2) is 15.0 Å². The minimum absolute atomic E-state index is 0. The molecule has 0 spiro atoms. The minimum Gasteiger partial charge on any atom is -0.469 e. The fourth-order valence-electron chi connectivity index (χ4n) is 15.0. The zero-order valence-corrected chi connectivity index (χ0v) is 73.3. The number of likely N-dealkylation sites (N-methyl/N-ethyl adjacent to an activating group) is 1. The van der Waals surface area contributed by atoms with Crippen molar-refractivity contribution in [1.29, 1.82) is 0 Å². The lowest BCUT2D eigenvalue weighted by Gasteiger charge is -2.33. The molecule has 4 aliphatic rings. The molecule has 12 aromatic carbocycles. The zero-order valence-electron chi connectivity index (χ0n) is 71.0. The molecule has 19 nitrogen and oxygen atoms in total. The SMILES string of the molecule is C.CN1CCN(c2cc(NCCN3CCOCC3)c3cc(-c4ccccc4)ccc3n2)CC1.COC(=O)CC(=O)Nc1ccc(-c2ccccc2)cc1.Clc1cc(Cl)c2cc(-c3ccccc3)ccc2n1.Clc1cc(NCCN2CCOCC2)c2cc(-c3ccccc3)ccc2n1.Nc1ccc(-c2ccccc2)cc1.O=C1CC(=O)c2cc(-c3ccccc3)ccc2N1. The van der Waals surface area contributed by atoms with Crippen molar-refractivity contribution in [2.45, 2.75) is 20.3 Å². The molecule has 19 rings (SSSR count). The van der Waals surface area contributed by atoms with Crippen molar-refractivity contribution in [2.75, 3.05) is 151 Å². The number of halogens is 3. The van der Waals surface area contributed by atoms with E-state index in [4.69, 9.17) is 55.0 Å². The van der Waals surface area contributed by atoms with Gasteiger partial charge in [-0.05, 0) is 159 Å². The van der Waals surface area contributed by atoms with Gasteiger partial charge in [0.1, 0.15) is 22.5 Å². The Kier molecular flexibility index (Phi) is 33.9. The van der Waals surface area contributed by atoms with Crippen molar-refractivity contribution in [2.24, 2.45) is 0 Å². The number of hydrogen-bond acceptors (Lipinski definition) is 17. The number of amides is 2. The lowest BCUT2D eigenvalue weighted by atomic mass is 9.96. The molecule has 3 fully saturated rings. The fourth-order valence-corrected chi connectivity index (χ4v) is 15.8. The van der Waals surface area contributed by atoms with E-state index in [1.54, 1.807) is 24.3 Å². The van der Waals surface area contributed by atoms with Crippen LogP contribution in [-0.4, -0.2) is 172 Å². The molecule has 0 bridgehead atoms. The number of piperazine rings is 1. The number of nitrogen functional groups attached to an aromatic ring is 1. The highest BCUT2D eigenvalue weighted by Gasteiger charge is 2.24. The van der Waals surface area contributed by atoms with Gasteiger partial charge in [-0.15, -0.1) is 0 Å². The second kappa shape index (κ2) is 46.9. The van der Waals surface area contributed by atoms with Gasteiger partial charge in [0.05, 0.1) is 67.2 Å². The van der Waals surface area contributed by atoms with Crippen molar-refractivity contribution in [3.05, 3.63) is 342 Å². The van der Waals surface area contributed by atoms with Crippen LogP contribution in [0.1, 0.15) is 30.6 Å². The first kappa shape index (κ1) is 92.5. The van der Waals surface area contributed by atoms with Gasteiger partial charge in [0.15, 0.2) is 5.78 Å². The smallest absolute Gasteiger partial charge is 0.315 e. The van der Waals surface area contributed by atoms with Gasteiger partial charge in [-0.1, -0.05) is 273 Å². The number of benzene rings is 12. The maximum atomic E-state index is 11.8. The summed E-state index contributed by atoms with van der Waals surface area (Å²) in [7, 11) is 3.44. The van der Waals surface area contributed by atoms with Crippen molar-refractivity contribution >= 4 is 125 Å². The van der Waals surface area contributed by atoms with Crippen LogP contribution >= 0.6 is 34.8 Å². The summed E-state index contributed by atoms with van der Waals surface area (Å²) >= 11 is 18.3. The molecular weight excluding hydrogens is 1660 g/mol. The van der Waals surface area contributed by atoms with Gasteiger partial charge in [0.2, 0.25) is 11.8 Å². The number of methoxy groups -OCH3 is 1. The van der Waals surface area contributed by atoms with E-state index in [0.29, 0.717) is 32.3 Å². The summed E-state index contributed by atoms with van der Waals surface area (Å²) in [5.74, 6) is -0.217. The number of nitrogens with zero attached hydrogens (tertiary/aromatic N) is 7. The number of aromatic nitrogens is 3. The van der Waals surface area contributed by atoms with Gasteiger partial charge in [0, 0.05) is 129 Å². The largest absolute Gasteiger partial charge is 0.469 e. The summed E-state index contributed by atoms with van der Waals surface area (Å²) in [6, 6.07) is 107. The number of esters is 1. The second-order valence-corrected chi connectivity index (χ2v) is 32.0. The quantitative estimate of drug-likeness (QED) is 0.0233. The second-order valence-electron chi connectivity index (χ2n) is 30.8. The Morgan fingerprint density at radius 2 is 0.805 bits per heavy atom. The van der Waals surface area contributed by atoms with Crippen LogP contribution in [0.3, 0.4) is 0 Å². The number of anilines is 6. The van der Waals surface area contributed by atoms with Gasteiger partial charge < -0.3 is 51.0 Å². The van der Waals surface area contributed by atoms with Crippen molar-refractivity contribution in [1.82, 2.24) is 29.7 Å². The predicted octanol–water partition coefficient (Wildman–Crippen LogP) is 22.2. The third-order valence-electron chi connectivity index (χ3n) is 22.0. The minimum atomic E-state index is -0.552. The first-order valence-electron chi connectivity index (χ1n) is 42.5. The standard InChI is InChI=1S/C26H33N5O.C21H22ClN3O.C16H15NO3.C15H9Cl2N.C15H11NO2.C12H11N.CH4/c1-29-11-13-31(14-12-29)26-20-25(27-9-10-30-15-17-32-18-16-30)23-19-22(7-8-24(23)28-26)21-5-3-2-4-6-21;22-21-15-20(23-8-9-25-10-12-26-13-11-25)18-14-17(6-7-19(18)24-21)16-4-2-1-3-5-16;1-20-16(19)11-15(18)17-14-9-7-13(8-10-14)12-5-3-2-4-6-12;16-13-9-15(17)18-14-7-6-11(8-12(13)14)10-4-2-1-3-5-10;17-14-9-15(18)16-13-7-6-11(8-12(13)14)10-4-2-1-3-5-10;13-12-8-6-11(7-9-12)10-4-2-1-3-5-10;/h2-8,19-20H,9-18H2,1H3,(H,27,28);1-7,14-15H,8-13H2,(H,23,24);2-10H,11H2,1H3,(H,17,18);1-9H;1-8H,9H2,(H,16,18);1-9H,13H2;1H4. The molecule has 0 aliphatic carbocycles. The molecule has 22 heteroatoms. The summed E-state index contributed by atoms with van der Waals surface area (Å²) in [6.45, 7) is 15.3. The highest BCUT2D eigenvalue weighted by Crippen LogP contribution is 2.36. The molecular formula is C106H105Cl3N12O7. The number of hydrogen-bond donors (Lipinski definition) is 5. The van der Waals surface area contributed by atoms with Gasteiger partial charge in [-0.2, -0.15) is 0 Å². The van der Waals surface area contributed by atoms with Crippen LogP contribution in [0, 0.1) is 0 Å². The molecule has 3 aromatic heterocycles. The number of nitrogens with one attached hydrogen (secondary N) is 4. The fraction of sp³-hybridized carbons (Fsp3) is 0.198. The summed E-state index contributed by atoms with van der Waals surface area (Å²) in [5, 5.41) is 17.4. The molecule has 652 valence electrons. The highest BCUT2D eigenvalue weighted by atomic mass is 35.5. The van der Waals surface area contributed by atoms with Gasteiger partial charge in [0.25, 0.3) is 0 Å². The van der Waals surface area contributed by atoms with Crippen molar-refractivity contribution in [3.8, 4) is 66.8 Å². The molecule has 2 amide bonds. The normalized spacial score (nSPS) is 13.7. The van der Waals surface area contributed by atoms with E-state index >= 15 is 0 Å². The van der Waals surface area contributed by atoms with Gasteiger partial charge >= 0.3 is 5.97 Å². The number of rotatable bonds is 18. The van der Waals surface area contributed by atoms with E-state index in [1.807, 2.05) is 182 Å². The van der Waals surface area contributed by atoms with Crippen LogP contribution in [-0.2, 0) is 28.6 Å². The summed E-state index contributed by atoms with van der Waals surface area (Å²) in [6.07, 6.45) is -0.345. The maximum absolute atomic E-state index is 11.8. The summed E-state index contributed by atoms with van der Waals surface area (Å²) in [4.78, 5) is 69.0. The number of pyridine rings is 3. The van der Waals surface area contributed by atoms with Crippen LogP contribution in [0.25, 0.3) is 99.5 Å². The summed E-state index contributed by atoms with van der Waals surface area (Å²) < 4.78 is 15.3. The third kappa shape index (κ3) is 26.5. The number of nitrogens with two attached hydrogens (primary N) is 1. The molecule has 4 aliphatic heterocycles. The summed E-state index contributed by atoms with van der Waals surface area (Å²) in [5.41, 5.74) is 27.0. The highest BCUT2D eigenvalue weighted by molar-refractivity contribution is 6.38. The predicted molar refractivity (Wildman–Crippen MR) is 527 cm³/mol. The number of morpholine rings is 2. The monoisotopic (exact) mass is 1760 g/mol. The Morgan fingerprint density at radius 3 is 1.26 bits per heavy atom. The number of ether oxygens (including phenoxy) is 3. The van der Waals surface area contributed by atoms with Crippen LogP contribution in [0.5, 0.6) is 0 Å². The average Bonchev–Trinajstić information content (AvgIpc) is 0.795. The topological polar surface area (TPSA) is 222 Å². The van der Waals surface area contributed by atoms with E-state index in [2.05, 4.69) is 178 Å². The molecule has 6 N–H and O–H groups in total. The van der Waals surface area contributed by atoms with Crippen molar-refractivity contribution in [3.63, 3.8) is 0 Å². The van der Waals surface area contributed by atoms with E-state index in [-0.39, 0.29) is 37.9 Å². The van der Waals surface area contributed by atoms with E-state index in [9.17, 15) is 19.2 Å². The number of ketones is 1. The third-order valence-corrected chi connectivity index (χ3v) is 22.7. The lowest BCUT2D eigenvalue weighted by molar-refractivity contribution is -0.142. The zero-order chi connectivity index (χ0) is 88.1. The van der Waals surface area contributed by atoms with E-state index < -0.39 is 5.97 Å².